The summed E-state index contributed by atoms with van der Waals surface area (Å²) in [4.78, 5) is 11.9. The highest BCUT2D eigenvalue weighted by Gasteiger charge is 2.14. The van der Waals surface area contributed by atoms with Crippen LogP contribution >= 0.6 is 15.9 Å². The summed E-state index contributed by atoms with van der Waals surface area (Å²) in [5, 5.41) is 13.6. The van der Waals surface area contributed by atoms with E-state index in [1.165, 1.54) is 0 Å². The molecule has 7 heteroatoms. The Bertz CT molecular complexity index is 586. The molecule has 1 amide bonds. The number of H-pyrrole nitrogens is 1. The van der Waals surface area contributed by atoms with Crippen LogP contribution < -0.4 is 5.32 Å². The van der Waals surface area contributed by atoms with Gasteiger partial charge in [-0.1, -0.05) is 0 Å². The number of nitrogens with zero attached hydrogens (tertiary/aromatic N) is 3. The minimum Gasteiger partial charge on any atom is -0.346 e. The Morgan fingerprint density at radius 3 is 2.78 bits per heavy atom. The molecule has 0 radical (unpaired) electrons. The Kier molecular flexibility index (Phi) is 3.51. The number of carbonyl (C=O) groups excluding carboxylic acids is 1. The first kappa shape index (κ1) is 12.8. The van der Waals surface area contributed by atoms with Crippen LogP contribution in [0.15, 0.2) is 10.7 Å². The van der Waals surface area contributed by atoms with Gasteiger partial charge in [0.25, 0.3) is 5.91 Å². The summed E-state index contributed by atoms with van der Waals surface area (Å²) >= 11 is 3.26. The molecule has 0 fully saturated rings. The van der Waals surface area contributed by atoms with Crippen LogP contribution in [0.4, 0.5) is 0 Å². The van der Waals surface area contributed by atoms with Gasteiger partial charge in [-0.3, -0.25) is 14.6 Å². The van der Waals surface area contributed by atoms with Crippen LogP contribution in [0.3, 0.4) is 0 Å². The summed E-state index contributed by atoms with van der Waals surface area (Å²) in [5.41, 5.74) is 3.45. The molecule has 0 spiro atoms. The van der Waals surface area contributed by atoms with E-state index >= 15 is 0 Å². The third-order valence-corrected chi connectivity index (χ3v) is 3.51. The van der Waals surface area contributed by atoms with Crippen molar-refractivity contribution in [1.29, 1.82) is 0 Å². The van der Waals surface area contributed by atoms with Gasteiger partial charge in [-0.05, 0) is 29.8 Å². The lowest BCUT2D eigenvalue weighted by molar-refractivity contribution is 0.0945. The number of carbonyl (C=O) groups is 1. The van der Waals surface area contributed by atoms with Crippen LogP contribution in [-0.2, 0) is 13.6 Å². The van der Waals surface area contributed by atoms with Gasteiger partial charge in [0.1, 0.15) is 5.69 Å². The van der Waals surface area contributed by atoms with Gasteiger partial charge in [0.2, 0.25) is 0 Å². The first-order chi connectivity index (χ1) is 8.50. The van der Waals surface area contributed by atoms with Gasteiger partial charge >= 0.3 is 0 Å². The summed E-state index contributed by atoms with van der Waals surface area (Å²) in [5.74, 6) is -0.193. The van der Waals surface area contributed by atoms with Gasteiger partial charge in [-0.25, -0.2) is 0 Å². The molecule has 0 aliphatic heterocycles. The molecule has 2 heterocycles. The number of aryl methyl sites for hydroxylation is 2. The maximum atomic E-state index is 11.9. The van der Waals surface area contributed by atoms with Crippen molar-refractivity contribution in [2.45, 2.75) is 20.4 Å². The van der Waals surface area contributed by atoms with E-state index in [1.807, 2.05) is 25.6 Å². The zero-order valence-corrected chi connectivity index (χ0v) is 12.0. The molecule has 0 aliphatic rings. The number of aromatic amines is 1. The minimum absolute atomic E-state index is 0.193. The number of nitrogens with one attached hydrogen (secondary N) is 2. The second-order valence-electron chi connectivity index (χ2n) is 4.05. The molecule has 0 saturated heterocycles. The molecule has 0 unspecified atom stereocenters. The first-order valence-corrected chi connectivity index (χ1v) is 6.26. The molecule has 2 aromatic rings. The highest BCUT2D eigenvalue weighted by Crippen LogP contribution is 2.14. The maximum Gasteiger partial charge on any atom is 0.270 e. The predicted octanol–water partition coefficient (Wildman–Crippen LogP) is 1.45. The largest absolute Gasteiger partial charge is 0.346 e. The Hall–Kier alpha value is -1.63. The minimum atomic E-state index is -0.193. The first-order valence-electron chi connectivity index (χ1n) is 5.47. The van der Waals surface area contributed by atoms with Crippen LogP contribution in [0, 0.1) is 13.8 Å². The number of rotatable bonds is 3. The van der Waals surface area contributed by atoms with Crippen LogP contribution in [-0.4, -0.2) is 25.9 Å². The lowest BCUT2D eigenvalue weighted by Crippen LogP contribution is -2.24. The fourth-order valence-corrected chi connectivity index (χ4v) is 2.13. The number of hydrogen-bond donors (Lipinski definition) is 2. The molecule has 0 aromatic carbocycles. The average molecular weight is 312 g/mol. The predicted molar refractivity (Wildman–Crippen MR) is 70.1 cm³/mol. The highest BCUT2D eigenvalue weighted by atomic mass is 79.9. The standard InChI is InChI=1S/C11H14BrN5O/c1-6-8(7(2)17(3)16-6)4-13-11(18)10-9(12)5-14-15-10/h5H,4H2,1-3H3,(H,13,18)(H,14,15). The van der Waals surface area contributed by atoms with Crippen molar-refractivity contribution < 1.29 is 4.79 Å². The molecule has 2 rings (SSSR count). The summed E-state index contributed by atoms with van der Waals surface area (Å²) in [7, 11) is 1.89. The van der Waals surface area contributed by atoms with Gasteiger partial charge in [0.15, 0.2) is 0 Å². The number of amides is 1. The second kappa shape index (κ2) is 4.93. The van der Waals surface area contributed by atoms with Crippen molar-refractivity contribution in [3.8, 4) is 0 Å². The van der Waals surface area contributed by atoms with E-state index in [-0.39, 0.29) is 5.91 Å². The van der Waals surface area contributed by atoms with E-state index < -0.39 is 0 Å². The van der Waals surface area contributed by atoms with Gasteiger partial charge in [0, 0.05) is 24.8 Å². The van der Waals surface area contributed by atoms with E-state index in [4.69, 9.17) is 0 Å². The van der Waals surface area contributed by atoms with Crippen molar-refractivity contribution >= 4 is 21.8 Å². The normalized spacial score (nSPS) is 10.7. The van der Waals surface area contributed by atoms with Crippen molar-refractivity contribution in [2.24, 2.45) is 7.05 Å². The zero-order valence-electron chi connectivity index (χ0n) is 10.4. The fourth-order valence-electron chi connectivity index (χ4n) is 1.76. The van der Waals surface area contributed by atoms with E-state index in [1.54, 1.807) is 6.20 Å². The third kappa shape index (κ3) is 2.31. The SMILES string of the molecule is Cc1nn(C)c(C)c1CNC(=O)c1[nH]ncc1Br. The Labute approximate surface area is 113 Å². The summed E-state index contributed by atoms with van der Waals surface area (Å²) in [6, 6.07) is 0. The van der Waals surface area contributed by atoms with Crippen LogP contribution in [0.1, 0.15) is 27.4 Å². The monoisotopic (exact) mass is 311 g/mol. The molecule has 2 N–H and O–H groups in total. The molecule has 18 heavy (non-hydrogen) atoms. The Balaban J connectivity index is 2.09. The molecule has 6 nitrogen and oxygen atoms in total. The van der Waals surface area contributed by atoms with Crippen molar-refractivity contribution in [2.75, 3.05) is 0 Å². The lowest BCUT2D eigenvalue weighted by Gasteiger charge is -2.04. The molecule has 0 atom stereocenters. The van der Waals surface area contributed by atoms with E-state index in [9.17, 15) is 4.79 Å². The van der Waals surface area contributed by atoms with Crippen LogP contribution in [0.2, 0.25) is 0 Å². The topological polar surface area (TPSA) is 75.6 Å². The second-order valence-corrected chi connectivity index (χ2v) is 4.90. The molecular formula is C11H14BrN5O. The molecule has 0 saturated carbocycles. The average Bonchev–Trinajstić information content (AvgIpc) is 2.83. The molecular weight excluding hydrogens is 298 g/mol. The number of hydrogen-bond acceptors (Lipinski definition) is 3. The van der Waals surface area contributed by atoms with E-state index in [2.05, 4.69) is 36.5 Å². The quantitative estimate of drug-likeness (QED) is 0.901. The third-order valence-electron chi connectivity index (χ3n) is 2.90. The van der Waals surface area contributed by atoms with Gasteiger partial charge in [-0.2, -0.15) is 10.2 Å². The Morgan fingerprint density at radius 2 is 2.28 bits per heavy atom. The number of aromatic nitrogens is 4. The van der Waals surface area contributed by atoms with Crippen molar-refractivity contribution in [3.05, 3.63) is 33.3 Å². The molecule has 0 bridgehead atoms. The summed E-state index contributed by atoms with van der Waals surface area (Å²) in [6.45, 7) is 4.37. The van der Waals surface area contributed by atoms with E-state index in [0.29, 0.717) is 16.7 Å². The van der Waals surface area contributed by atoms with Crippen LogP contribution in [0.25, 0.3) is 0 Å². The van der Waals surface area contributed by atoms with Crippen molar-refractivity contribution in [3.63, 3.8) is 0 Å². The summed E-state index contributed by atoms with van der Waals surface area (Å²) in [6.07, 6.45) is 1.55. The van der Waals surface area contributed by atoms with Gasteiger partial charge in [-0.15, -0.1) is 0 Å². The number of halogens is 1. The molecule has 2 aromatic heterocycles. The van der Waals surface area contributed by atoms with Gasteiger partial charge < -0.3 is 5.32 Å². The fraction of sp³-hybridized carbons (Fsp3) is 0.364. The Morgan fingerprint density at radius 1 is 1.56 bits per heavy atom. The lowest BCUT2D eigenvalue weighted by atomic mass is 10.2. The smallest absolute Gasteiger partial charge is 0.270 e. The highest BCUT2D eigenvalue weighted by molar-refractivity contribution is 9.10. The molecule has 0 aliphatic carbocycles. The zero-order chi connectivity index (χ0) is 13.3. The van der Waals surface area contributed by atoms with Gasteiger partial charge in [0.05, 0.1) is 16.4 Å². The van der Waals surface area contributed by atoms with Crippen LogP contribution in [0.5, 0.6) is 0 Å². The van der Waals surface area contributed by atoms with Crippen molar-refractivity contribution in [1.82, 2.24) is 25.3 Å². The summed E-state index contributed by atoms with van der Waals surface area (Å²) < 4.78 is 2.46. The molecule has 96 valence electrons. The maximum absolute atomic E-state index is 11.9. The van der Waals surface area contributed by atoms with E-state index in [0.717, 1.165) is 17.0 Å².